The smallest absolute Gasteiger partial charge is 0.199 e. The Morgan fingerprint density at radius 2 is 2.36 bits per heavy atom. The van der Waals surface area contributed by atoms with Crippen LogP contribution in [0.3, 0.4) is 0 Å². The van der Waals surface area contributed by atoms with E-state index in [0.29, 0.717) is 11.1 Å². The molecular weight excluding hydrogens is 180 g/mol. The molecule has 0 aromatic carbocycles. The van der Waals surface area contributed by atoms with Crippen LogP contribution in [0.1, 0.15) is 21.6 Å². The summed E-state index contributed by atoms with van der Waals surface area (Å²) in [5, 5.41) is 4.11. The topological polar surface area (TPSA) is 48.0 Å². The van der Waals surface area contributed by atoms with Crippen LogP contribution < -0.4 is 0 Å². The standard InChI is InChI=1S/C10H10N2O2/c1-7-9(5-12(2)11-7)10(13)8-3-4-14-6-8/h3-6H,1-2H3. The van der Waals surface area contributed by atoms with Gasteiger partial charge in [0.2, 0.25) is 0 Å². The maximum atomic E-state index is 11.8. The summed E-state index contributed by atoms with van der Waals surface area (Å²) >= 11 is 0. The van der Waals surface area contributed by atoms with Gasteiger partial charge in [0.25, 0.3) is 0 Å². The van der Waals surface area contributed by atoms with Gasteiger partial charge >= 0.3 is 0 Å². The summed E-state index contributed by atoms with van der Waals surface area (Å²) in [6.45, 7) is 1.81. The van der Waals surface area contributed by atoms with Crippen LogP contribution in [0.25, 0.3) is 0 Å². The zero-order valence-corrected chi connectivity index (χ0v) is 8.02. The monoisotopic (exact) mass is 190 g/mol. The summed E-state index contributed by atoms with van der Waals surface area (Å²) in [4.78, 5) is 11.8. The van der Waals surface area contributed by atoms with Crippen LogP contribution in [-0.4, -0.2) is 15.6 Å². The van der Waals surface area contributed by atoms with E-state index in [4.69, 9.17) is 4.42 Å². The lowest BCUT2D eigenvalue weighted by Crippen LogP contribution is -1.99. The Morgan fingerprint density at radius 3 is 2.86 bits per heavy atom. The van der Waals surface area contributed by atoms with Crippen LogP contribution in [0, 0.1) is 6.92 Å². The molecule has 0 aliphatic carbocycles. The zero-order valence-electron chi connectivity index (χ0n) is 8.02. The second-order valence-corrected chi connectivity index (χ2v) is 3.14. The first kappa shape index (κ1) is 8.74. The molecule has 0 unspecified atom stereocenters. The van der Waals surface area contributed by atoms with Gasteiger partial charge in [0.1, 0.15) is 6.26 Å². The van der Waals surface area contributed by atoms with Crippen LogP contribution in [0.5, 0.6) is 0 Å². The first-order valence-electron chi connectivity index (χ1n) is 4.25. The maximum absolute atomic E-state index is 11.8. The second-order valence-electron chi connectivity index (χ2n) is 3.14. The van der Waals surface area contributed by atoms with Crippen molar-refractivity contribution in [2.75, 3.05) is 0 Å². The van der Waals surface area contributed by atoms with E-state index < -0.39 is 0 Å². The van der Waals surface area contributed by atoms with Gasteiger partial charge in [-0.15, -0.1) is 0 Å². The average molecular weight is 190 g/mol. The normalized spacial score (nSPS) is 10.4. The fraction of sp³-hybridized carbons (Fsp3) is 0.200. The number of furan rings is 1. The molecule has 72 valence electrons. The molecule has 2 aromatic heterocycles. The Balaban J connectivity index is 2.41. The quantitative estimate of drug-likeness (QED) is 0.675. The summed E-state index contributed by atoms with van der Waals surface area (Å²) in [5.41, 5.74) is 1.91. The number of nitrogens with zero attached hydrogens (tertiary/aromatic N) is 2. The summed E-state index contributed by atoms with van der Waals surface area (Å²) < 4.78 is 6.48. The van der Waals surface area contributed by atoms with Crippen LogP contribution in [-0.2, 0) is 7.05 Å². The number of carbonyl (C=O) groups excluding carboxylic acids is 1. The van der Waals surface area contributed by atoms with Crippen molar-refractivity contribution in [3.05, 3.63) is 41.6 Å². The van der Waals surface area contributed by atoms with Crippen molar-refractivity contribution >= 4 is 5.78 Å². The fourth-order valence-electron chi connectivity index (χ4n) is 1.37. The molecule has 2 rings (SSSR count). The second kappa shape index (κ2) is 3.14. The third-order valence-corrected chi connectivity index (χ3v) is 2.04. The van der Waals surface area contributed by atoms with Gasteiger partial charge in [0.15, 0.2) is 5.78 Å². The lowest BCUT2D eigenvalue weighted by Gasteiger charge is -1.92. The summed E-state index contributed by atoms with van der Waals surface area (Å²) in [7, 11) is 1.79. The van der Waals surface area contributed by atoms with E-state index in [1.165, 1.54) is 12.5 Å². The number of rotatable bonds is 2. The molecule has 0 radical (unpaired) electrons. The summed E-state index contributed by atoms with van der Waals surface area (Å²) in [6, 6.07) is 1.65. The average Bonchev–Trinajstić information content (AvgIpc) is 2.73. The zero-order chi connectivity index (χ0) is 10.1. The molecule has 14 heavy (non-hydrogen) atoms. The maximum Gasteiger partial charge on any atom is 0.199 e. The van der Waals surface area contributed by atoms with E-state index >= 15 is 0 Å². The largest absolute Gasteiger partial charge is 0.472 e. The van der Waals surface area contributed by atoms with Crippen molar-refractivity contribution in [3.63, 3.8) is 0 Å². The third-order valence-electron chi connectivity index (χ3n) is 2.04. The van der Waals surface area contributed by atoms with Crippen molar-refractivity contribution in [2.24, 2.45) is 7.05 Å². The molecule has 4 nitrogen and oxygen atoms in total. The highest BCUT2D eigenvalue weighted by atomic mass is 16.3. The predicted octanol–water partition coefficient (Wildman–Crippen LogP) is 1.55. The highest BCUT2D eigenvalue weighted by molar-refractivity contribution is 6.09. The minimum Gasteiger partial charge on any atom is -0.472 e. The Kier molecular flexibility index (Phi) is 1.96. The Bertz CT molecular complexity index is 454. The number of carbonyl (C=O) groups is 1. The van der Waals surface area contributed by atoms with E-state index in [1.54, 1.807) is 24.0 Å². The lowest BCUT2D eigenvalue weighted by atomic mass is 10.1. The van der Waals surface area contributed by atoms with E-state index in [-0.39, 0.29) is 5.78 Å². The Labute approximate surface area is 81.1 Å². The van der Waals surface area contributed by atoms with E-state index in [2.05, 4.69) is 5.10 Å². The van der Waals surface area contributed by atoms with Gasteiger partial charge < -0.3 is 4.42 Å². The van der Waals surface area contributed by atoms with Gasteiger partial charge in [-0.05, 0) is 13.0 Å². The Hall–Kier alpha value is -1.84. The molecule has 2 aromatic rings. The van der Waals surface area contributed by atoms with Crippen LogP contribution in [0.15, 0.2) is 29.2 Å². The van der Waals surface area contributed by atoms with E-state index in [9.17, 15) is 4.79 Å². The lowest BCUT2D eigenvalue weighted by molar-refractivity contribution is 0.103. The van der Waals surface area contributed by atoms with Crippen molar-refractivity contribution in [2.45, 2.75) is 6.92 Å². The number of aryl methyl sites for hydroxylation is 2. The fourth-order valence-corrected chi connectivity index (χ4v) is 1.37. The number of hydrogen-bond acceptors (Lipinski definition) is 3. The molecule has 0 bridgehead atoms. The van der Waals surface area contributed by atoms with Crippen molar-refractivity contribution < 1.29 is 9.21 Å². The van der Waals surface area contributed by atoms with Gasteiger partial charge in [0.05, 0.1) is 23.1 Å². The third kappa shape index (κ3) is 1.35. The highest BCUT2D eigenvalue weighted by Gasteiger charge is 2.15. The molecule has 0 spiro atoms. The molecule has 0 N–H and O–H groups in total. The van der Waals surface area contributed by atoms with Crippen LogP contribution >= 0.6 is 0 Å². The van der Waals surface area contributed by atoms with Crippen LogP contribution in [0.4, 0.5) is 0 Å². The number of aromatic nitrogens is 2. The van der Waals surface area contributed by atoms with Gasteiger partial charge in [0, 0.05) is 13.2 Å². The van der Waals surface area contributed by atoms with Crippen LogP contribution in [0.2, 0.25) is 0 Å². The minimum absolute atomic E-state index is 0.0515. The first-order valence-corrected chi connectivity index (χ1v) is 4.25. The number of hydrogen-bond donors (Lipinski definition) is 0. The molecule has 0 saturated carbocycles. The van der Waals surface area contributed by atoms with Gasteiger partial charge in [-0.1, -0.05) is 0 Å². The molecule has 0 amide bonds. The molecule has 0 aliphatic heterocycles. The molecule has 2 heterocycles. The van der Waals surface area contributed by atoms with E-state index in [1.807, 2.05) is 6.92 Å². The summed E-state index contributed by atoms with van der Waals surface area (Å²) in [5.74, 6) is -0.0515. The predicted molar refractivity (Wildman–Crippen MR) is 50.1 cm³/mol. The summed E-state index contributed by atoms with van der Waals surface area (Å²) in [6.07, 6.45) is 4.64. The molecule has 0 fully saturated rings. The molecule has 0 saturated heterocycles. The van der Waals surface area contributed by atoms with Gasteiger partial charge in [-0.25, -0.2) is 0 Å². The molecule has 4 heteroatoms. The van der Waals surface area contributed by atoms with E-state index in [0.717, 1.165) is 5.69 Å². The van der Waals surface area contributed by atoms with Gasteiger partial charge in [-0.2, -0.15) is 5.10 Å². The molecule has 0 atom stereocenters. The minimum atomic E-state index is -0.0515. The van der Waals surface area contributed by atoms with Crippen molar-refractivity contribution in [1.82, 2.24) is 9.78 Å². The number of ketones is 1. The Morgan fingerprint density at radius 1 is 1.57 bits per heavy atom. The van der Waals surface area contributed by atoms with Crippen molar-refractivity contribution in [1.29, 1.82) is 0 Å². The van der Waals surface area contributed by atoms with Gasteiger partial charge in [-0.3, -0.25) is 9.48 Å². The SMILES string of the molecule is Cc1nn(C)cc1C(=O)c1ccoc1. The molecule has 0 aliphatic rings. The molecular formula is C10H10N2O2. The highest BCUT2D eigenvalue weighted by Crippen LogP contribution is 2.12. The first-order chi connectivity index (χ1) is 6.68. The van der Waals surface area contributed by atoms with Crippen molar-refractivity contribution in [3.8, 4) is 0 Å².